The molecule has 2 unspecified atom stereocenters. The summed E-state index contributed by atoms with van der Waals surface area (Å²) in [4.78, 5) is 0. The quantitative estimate of drug-likeness (QED) is 0.647. The van der Waals surface area contributed by atoms with Crippen molar-refractivity contribution >= 4 is 0 Å². The molecule has 2 aliphatic carbocycles. The molecular weight excluding hydrogens is 180 g/mol. The van der Waals surface area contributed by atoms with Gasteiger partial charge in [-0.15, -0.1) is 0 Å². The van der Waals surface area contributed by atoms with Crippen molar-refractivity contribution in [1.82, 2.24) is 0 Å². The Morgan fingerprint density at radius 1 is 1.20 bits per heavy atom. The fourth-order valence-corrected chi connectivity index (χ4v) is 3.10. The highest BCUT2D eigenvalue weighted by molar-refractivity contribution is 5.22. The largest absolute Gasteiger partial charge is 0.0819 e. The van der Waals surface area contributed by atoms with E-state index in [0.717, 1.165) is 11.8 Å². The van der Waals surface area contributed by atoms with Gasteiger partial charge in [-0.2, -0.15) is 0 Å². The molecular formula is C15H17. The molecule has 0 N–H and O–H groups in total. The average molecular weight is 197 g/mol. The van der Waals surface area contributed by atoms with Gasteiger partial charge in [0, 0.05) is 0 Å². The van der Waals surface area contributed by atoms with E-state index in [2.05, 4.69) is 24.3 Å². The summed E-state index contributed by atoms with van der Waals surface area (Å²) in [6, 6.07) is 11.7. The maximum Gasteiger partial charge on any atom is -0.0149 e. The van der Waals surface area contributed by atoms with E-state index in [0.29, 0.717) is 0 Å². The van der Waals surface area contributed by atoms with E-state index in [9.17, 15) is 0 Å². The lowest BCUT2D eigenvalue weighted by atomic mass is 9.93. The maximum atomic E-state index is 3.31. The Hall–Kier alpha value is -1.04. The Morgan fingerprint density at radius 3 is 2.87 bits per heavy atom. The zero-order chi connectivity index (χ0) is 10.1. The van der Waals surface area contributed by atoms with E-state index >= 15 is 0 Å². The zero-order valence-electron chi connectivity index (χ0n) is 9.08. The van der Waals surface area contributed by atoms with Crippen LogP contribution in [0.2, 0.25) is 0 Å². The van der Waals surface area contributed by atoms with E-state index in [-0.39, 0.29) is 0 Å². The number of fused-ring (bicyclic) bond motifs is 2. The van der Waals surface area contributed by atoms with Crippen LogP contribution in [-0.4, -0.2) is 0 Å². The molecule has 1 saturated carbocycles. The van der Waals surface area contributed by atoms with Gasteiger partial charge < -0.3 is 0 Å². The lowest BCUT2D eigenvalue weighted by Crippen LogP contribution is -1.99. The molecule has 0 aromatic heterocycles. The third-order valence-corrected chi connectivity index (χ3v) is 3.90. The van der Waals surface area contributed by atoms with Gasteiger partial charge in [-0.25, -0.2) is 0 Å². The number of allylic oxidation sites excluding steroid dienone is 2. The van der Waals surface area contributed by atoms with E-state index in [1.807, 2.05) is 12.1 Å². The second-order valence-corrected chi connectivity index (χ2v) is 4.90. The van der Waals surface area contributed by atoms with E-state index in [4.69, 9.17) is 0 Å². The van der Waals surface area contributed by atoms with E-state index in [1.165, 1.54) is 37.7 Å². The first-order valence-corrected chi connectivity index (χ1v) is 6.08. The van der Waals surface area contributed by atoms with Gasteiger partial charge >= 0.3 is 0 Å². The molecule has 2 aliphatic rings. The van der Waals surface area contributed by atoms with Crippen molar-refractivity contribution in [2.24, 2.45) is 11.8 Å². The lowest BCUT2D eigenvalue weighted by molar-refractivity contribution is 0.625. The molecule has 77 valence electrons. The first-order valence-electron chi connectivity index (χ1n) is 6.08. The van der Waals surface area contributed by atoms with Crippen LogP contribution in [0.5, 0.6) is 0 Å². The molecule has 1 radical (unpaired) electrons. The summed E-state index contributed by atoms with van der Waals surface area (Å²) in [5.74, 6) is 1.88. The van der Waals surface area contributed by atoms with Crippen molar-refractivity contribution in [3.63, 3.8) is 0 Å². The summed E-state index contributed by atoms with van der Waals surface area (Å²) in [5, 5.41) is 0. The topological polar surface area (TPSA) is 0 Å². The number of benzene rings is 1. The molecule has 1 aromatic carbocycles. The second kappa shape index (κ2) is 3.84. The molecule has 2 bridgehead atoms. The molecule has 0 amide bonds. The molecule has 1 fully saturated rings. The van der Waals surface area contributed by atoms with Crippen LogP contribution in [-0.2, 0) is 6.42 Å². The highest BCUT2D eigenvalue weighted by Crippen LogP contribution is 2.45. The van der Waals surface area contributed by atoms with Crippen molar-refractivity contribution in [3.05, 3.63) is 47.5 Å². The van der Waals surface area contributed by atoms with Crippen molar-refractivity contribution in [2.75, 3.05) is 0 Å². The van der Waals surface area contributed by atoms with Gasteiger partial charge in [0.1, 0.15) is 0 Å². The van der Waals surface area contributed by atoms with Gasteiger partial charge in [-0.05, 0) is 55.6 Å². The van der Waals surface area contributed by atoms with Crippen molar-refractivity contribution in [3.8, 4) is 0 Å². The van der Waals surface area contributed by atoms with E-state index < -0.39 is 0 Å². The average Bonchev–Trinajstić information content (AvgIpc) is 2.89. The van der Waals surface area contributed by atoms with Crippen LogP contribution < -0.4 is 0 Å². The molecule has 3 rings (SSSR count). The molecule has 0 nitrogen and oxygen atoms in total. The third-order valence-electron chi connectivity index (χ3n) is 3.90. The summed E-state index contributed by atoms with van der Waals surface area (Å²) in [7, 11) is 0. The molecule has 0 spiro atoms. The summed E-state index contributed by atoms with van der Waals surface area (Å²) >= 11 is 0. The van der Waals surface area contributed by atoms with Crippen LogP contribution in [0.1, 0.15) is 31.2 Å². The molecule has 0 saturated heterocycles. The minimum absolute atomic E-state index is 0.935. The Morgan fingerprint density at radius 2 is 2.20 bits per heavy atom. The first kappa shape index (κ1) is 9.21. The van der Waals surface area contributed by atoms with Crippen LogP contribution in [0, 0.1) is 17.9 Å². The zero-order valence-corrected chi connectivity index (χ0v) is 9.08. The van der Waals surface area contributed by atoms with Gasteiger partial charge in [-0.3, -0.25) is 0 Å². The van der Waals surface area contributed by atoms with Crippen LogP contribution in [0.3, 0.4) is 0 Å². The minimum Gasteiger partial charge on any atom is -0.0819 e. The monoisotopic (exact) mass is 197 g/mol. The number of hydrogen-bond acceptors (Lipinski definition) is 0. The molecule has 2 atom stereocenters. The summed E-state index contributed by atoms with van der Waals surface area (Å²) in [6.45, 7) is 0. The van der Waals surface area contributed by atoms with Crippen LogP contribution in [0.4, 0.5) is 0 Å². The number of rotatable bonds is 3. The Kier molecular flexibility index (Phi) is 2.36. The highest BCUT2D eigenvalue weighted by atomic mass is 14.4. The van der Waals surface area contributed by atoms with Crippen LogP contribution in [0.25, 0.3) is 0 Å². The van der Waals surface area contributed by atoms with Crippen LogP contribution in [0.15, 0.2) is 35.9 Å². The van der Waals surface area contributed by atoms with E-state index in [1.54, 1.807) is 5.57 Å². The summed E-state index contributed by atoms with van der Waals surface area (Å²) in [6.07, 6.45) is 9.35. The molecule has 1 aromatic rings. The second-order valence-electron chi connectivity index (χ2n) is 4.90. The molecule has 15 heavy (non-hydrogen) atoms. The smallest absolute Gasteiger partial charge is 0.0149 e. The highest BCUT2D eigenvalue weighted by Gasteiger charge is 2.31. The predicted molar refractivity (Wildman–Crippen MR) is 62.5 cm³/mol. The van der Waals surface area contributed by atoms with Crippen molar-refractivity contribution in [2.45, 2.75) is 32.1 Å². The van der Waals surface area contributed by atoms with Gasteiger partial charge in [0.15, 0.2) is 0 Å². The van der Waals surface area contributed by atoms with Crippen LogP contribution >= 0.6 is 0 Å². The van der Waals surface area contributed by atoms with Gasteiger partial charge in [-0.1, -0.05) is 35.9 Å². The van der Waals surface area contributed by atoms with Gasteiger partial charge in [0.2, 0.25) is 0 Å². The SMILES string of the molecule is [c]1ccccc1CCC1=CC2CCC1C2. The van der Waals surface area contributed by atoms with Gasteiger partial charge in [0.05, 0.1) is 0 Å². The minimum atomic E-state index is 0.935. The fraction of sp³-hybridized carbons (Fsp3) is 0.467. The maximum absolute atomic E-state index is 3.31. The third kappa shape index (κ3) is 1.86. The summed E-state index contributed by atoms with van der Waals surface area (Å²) in [5.41, 5.74) is 3.10. The van der Waals surface area contributed by atoms with Crippen molar-refractivity contribution in [1.29, 1.82) is 0 Å². The predicted octanol–water partition coefficient (Wildman–Crippen LogP) is 3.78. The Bertz CT molecular complexity index is 361. The molecule has 0 heteroatoms. The Labute approximate surface area is 92.0 Å². The normalized spacial score (nSPS) is 28.1. The fourth-order valence-electron chi connectivity index (χ4n) is 3.10. The lowest BCUT2D eigenvalue weighted by Gasteiger charge is -2.12. The molecule has 0 heterocycles. The van der Waals surface area contributed by atoms with Gasteiger partial charge in [0.25, 0.3) is 0 Å². The van der Waals surface area contributed by atoms with Crippen molar-refractivity contribution < 1.29 is 0 Å². The standard InChI is InChI=1S/C15H17/c1-2-4-12(5-3-1)6-8-14-10-13-7-9-15(14)11-13/h1-4,10,13,15H,6-9,11H2. The number of hydrogen-bond donors (Lipinski definition) is 0. The number of aryl methyl sites for hydroxylation is 1. The Balaban J connectivity index is 1.61. The summed E-state index contributed by atoms with van der Waals surface area (Å²) < 4.78 is 0. The first-order chi connectivity index (χ1) is 7.42. The molecule has 0 aliphatic heterocycles.